The number of aliphatic hydroxyl groups is 1. The molecule has 2 aromatic heterocycles. The van der Waals surface area contributed by atoms with Crippen LogP contribution in [-0.4, -0.2) is 50.3 Å². The van der Waals surface area contributed by atoms with Crippen molar-refractivity contribution >= 4 is 22.9 Å². The number of aromatic amines is 1. The molecule has 0 saturated heterocycles. The van der Waals surface area contributed by atoms with Gasteiger partial charge in [0.05, 0.1) is 29.6 Å². The Kier molecular flexibility index (Phi) is 7.72. The monoisotopic (exact) mass is 434 g/mol. The van der Waals surface area contributed by atoms with Crippen molar-refractivity contribution < 1.29 is 19.4 Å². The third-order valence-corrected chi connectivity index (χ3v) is 4.71. The van der Waals surface area contributed by atoms with Crippen molar-refractivity contribution in [3.8, 4) is 0 Å². The van der Waals surface area contributed by atoms with Crippen LogP contribution in [0, 0.1) is 0 Å². The number of carbonyl (C=O) groups excluding carboxylic acids is 2. The number of carbonyl (C=O) groups is 2. The summed E-state index contributed by atoms with van der Waals surface area (Å²) in [6, 6.07) is 1.51. The molecule has 0 aliphatic rings. The molecular formula is C21H30N4O6. The Balaban J connectivity index is 2.49. The van der Waals surface area contributed by atoms with E-state index in [0.29, 0.717) is 18.7 Å². The maximum Gasteiger partial charge on any atom is 0.329 e. The summed E-state index contributed by atoms with van der Waals surface area (Å²) in [6.07, 6.45) is 0.332. The Morgan fingerprint density at radius 2 is 2.00 bits per heavy atom. The molecule has 0 aliphatic heterocycles. The molecule has 0 aliphatic carbocycles. The number of esters is 1. The lowest BCUT2D eigenvalue weighted by molar-refractivity contribution is -0.147. The van der Waals surface area contributed by atoms with Gasteiger partial charge in [0.1, 0.15) is 0 Å². The number of amides is 1. The highest BCUT2D eigenvalue weighted by atomic mass is 16.5. The molecule has 3 N–H and O–H groups in total. The maximum absolute atomic E-state index is 13.0. The Bertz CT molecular complexity index is 1080. The van der Waals surface area contributed by atoms with E-state index < -0.39 is 28.7 Å². The normalized spacial score (nSPS) is 13.3. The van der Waals surface area contributed by atoms with Gasteiger partial charge in [0, 0.05) is 18.8 Å². The largest absolute Gasteiger partial charge is 0.466 e. The zero-order valence-electron chi connectivity index (χ0n) is 18.6. The van der Waals surface area contributed by atoms with Gasteiger partial charge in [-0.1, -0.05) is 20.8 Å². The first kappa shape index (κ1) is 24.3. The molecule has 0 fully saturated rings. The van der Waals surface area contributed by atoms with Crippen molar-refractivity contribution in [1.82, 2.24) is 19.9 Å². The number of ether oxygens (including phenoxy) is 1. The number of nitrogens with one attached hydrogen (secondary N) is 2. The third-order valence-electron chi connectivity index (χ3n) is 4.71. The van der Waals surface area contributed by atoms with Gasteiger partial charge < -0.3 is 15.2 Å². The highest BCUT2D eigenvalue weighted by Gasteiger charge is 2.27. The molecule has 170 valence electrons. The fourth-order valence-electron chi connectivity index (χ4n) is 3.15. The number of rotatable bonds is 9. The summed E-state index contributed by atoms with van der Waals surface area (Å²) in [5, 5.41) is 13.0. The van der Waals surface area contributed by atoms with E-state index in [4.69, 9.17) is 4.74 Å². The molecule has 2 heterocycles. The lowest BCUT2D eigenvalue weighted by Crippen LogP contribution is -2.43. The number of hydrogen-bond donors (Lipinski definition) is 3. The molecule has 0 radical (unpaired) electrons. The summed E-state index contributed by atoms with van der Waals surface area (Å²) in [5.41, 5.74) is -2.10. The van der Waals surface area contributed by atoms with Gasteiger partial charge in [-0.2, -0.15) is 0 Å². The van der Waals surface area contributed by atoms with E-state index in [2.05, 4.69) is 15.3 Å². The minimum absolute atomic E-state index is 0.0000134. The van der Waals surface area contributed by atoms with E-state index in [1.165, 1.54) is 17.6 Å². The van der Waals surface area contributed by atoms with Crippen LogP contribution in [0.3, 0.4) is 0 Å². The molecule has 2 aromatic rings. The summed E-state index contributed by atoms with van der Waals surface area (Å²) in [6.45, 7) is 8.99. The number of nitrogens with zero attached hydrogens (tertiary/aromatic N) is 2. The average molecular weight is 434 g/mol. The van der Waals surface area contributed by atoms with E-state index in [-0.39, 0.29) is 42.1 Å². The summed E-state index contributed by atoms with van der Waals surface area (Å²) in [4.78, 5) is 56.3. The van der Waals surface area contributed by atoms with Crippen molar-refractivity contribution in [1.29, 1.82) is 0 Å². The predicted molar refractivity (Wildman–Crippen MR) is 115 cm³/mol. The Hall–Kier alpha value is -3.01. The second-order valence-corrected chi connectivity index (χ2v) is 8.02. The Morgan fingerprint density at radius 3 is 2.58 bits per heavy atom. The molecule has 10 heteroatoms. The first-order chi connectivity index (χ1) is 14.5. The molecule has 0 aromatic carbocycles. The van der Waals surface area contributed by atoms with Crippen molar-refractivity contribution in [2.75, 3.05) is 13.2 Å². The third kappa shape index (κ3) is 5.78. The SMILES string of the molecule is CCCn1c(=O)[nH]c(=O)c2c(C(=O)NC[C@@](C)(O)CC(=O)OCC)cc(C(C)C)nc21. The fraction of sp³-hybridized carbons (Fsp3) is 0.571. The van der Waals surface area contributed by atoms with Gasteiger partial charge in [-0.25, -0.2) is 9.78 Å². The minimum Gasteiger partial charge on any atom is -0.466 e. The number of aromatic nitrogens is 3. The minimum atomic E-state index is -1.54. The molecule has 0 bridgehead atoms. The summed E-state index contributed by atoms with van der Waals surface area (Å²) in [5.74, 6) is -1.27. The smallest absolute Gasteiger partial charge is 0.329 e. The zero-order chi connectivity index (χ0) is 23.3. The number of hydrogen-bond acceptors (Lipinski definition) is 7. The van der Waals surface area contributed by atoms with Crippen LogP contribution in [0.25, 0.3) is 11.0 Å². The van der Waals surface area contributed by atoms with Gasteiger partial charge in [-0.15, -0.1) is 0 Å². The first-order valence-corrected chi connectivity index (χ1v) is 10.3. The van der Waals surface area contributed by atoms with Crippen molar-refractivity contribution in [3.05, 3.63) is 38.2 Å². The van der Waals surface area contributed by atoms with Gasteiger partial charge in [0.25, 0.3) is 11.5 Å². The van der Waals surface area contributed by atoms with E-state index in [1.807, 2.05) is 20.8 Å². The number of pyridine rings is 1. The van der Waals surface area contributed by atoms with Gasteiger partial charge in [-0.3, -0.25) is 23.9 Å². The van der Waals surface area contributed by atoms with E-state index in [0.717, 1.165) is 0 Å². The number of aryl methyl sites for hydroxylation is 1. The van der Waals surface area contributed by atoms with E-state index in [1.54, 1.807) is 6.92 Å². The summed E-state index contributed by atoms with van der Waals surface area (Å²) < 4.78 is 6.18. The first-order valence-electron chi connectivity index (χ1n) is 10.3. The fourth-order valence-corrected chi connectivity index (χ4v) is 3.15. The van der Waals surface area contributed by atoms with Crippen LogP contribution in [0.2, 0.25) is 0 Å². The van der Waals surface area contributed by atoms with Crippen LogP contribution >= 0.6 is 0 Å². The van der Waals surface area contributed by atoms with Crippen LogP contribution in [0.4, 0.5) is 0 Å². The molecule has 0 spiro atoms. The molecule has 31 heavy (non-hydrogen) atoms. The summed E-state index contributed by atoms with van der Waals surface area (Å²) >= 11 is 0. The predicted octanol–water partition coefficient (Wildman–Crippen LogP) is 1.05. The molecule has 0 unspecified atom stereocenters. The van der Waals surface area contributed by atoms with Gasteiger partial charge >= 0.3 is 11.7 Å². The molecule has 0 saturated carbocycles. The van der Waals surface area contributed by atoms with E-state index >= 15 is 0 Å². The Labute approximate surface area is 179 Å². The standard InChI is InChI=1S/C21H30N4O6/c1-6-8-25-17-16(19(28)24-20(25)29)13(9-14(23-17)12(3)4)18(27)22-11-21(5,30)10-15(26)31-7-2/h9,12,30H,6-8,10-11H2,1-5H3,(H,22,27)(H,24,28,29)/t21-/m0/s1. The summed E-state index contributed by atoms with van der Waals surface area (Å²) in [7, 11) is 0. The molecule has 1 atom stereocenters. The number of H-pyrrole nitrogens is 1. The van der Waals surface area contributed by atoms with Gasteiger partial charge in [0.15, 0.2) is 5.65 Å². The highest BCUT2D eigenvalue weighted by molar-refractivity contribution is 6.05. The maximum atomic E-state index is 13.0. The van der Waals surface area contributed by atoms with Crippen molar-refractivity contribution in [3.63, 3.8) is 0 Å². The van der Waals surface area contributed by atoms with E-state index in [9.17, 15) is 24.3 Å². The Morgan fingerprint density at radius 1 is 1.32 bits per heavy atom. The molecular weight excluding hydrogens is 404 g/mol. The zero-order valence-corrected chi connectivity index (χ0v) is 18.6. The van der Waals surface area contributed by atoms with Crippen molar-refractivity contribution in [2.45, 2.75) is 65.5 Å². The highest BCUT2D eigenvalue weighted by Crippen LogP contribution is 2.20. The van der Waals surface area contributed by atoms with Crippen LogP contribution in [0.5, 0.6) is 0 Å². The second kappa shape index (κ2) is 9.86. The number of fused-ring (bicyclic) bond motifs is 1. The molecule has 2 rings (SSSR count). The van der Waals surface area contributed by atoms with Crippen LogP contribution < -0.4 is 16.6 Å². The molecule has 1 amide bonds. The topological polar surface area (TPSA) is 143 Å². The van der Waals surface area contributed by atoms with Gasteiger partial charge in [-0.05, 0) is 32.3 Å². The average Bonchev–Trinajstić information content (AvgIpc) is 2.68. The van der Waals surface area contributed by atoms with Crippen LogP contribution in [0.15, 0.2) is 15.7 Å². The van der Waals surface area contributed by atoms with Gasteiger partial charge in [0.2, 0.25) is 0 Å². The lowest BCUT2D eigenvalue weighted by atomic mass is 10.0. The van der Waals surface area contributed by atoms with Crippen LogP contribution in [0.1, 0.15) is 69.4 Å². The quantitative estimate of drug-likeness (QED) is 0.501. The second-order valence-electron chi connectivity index (χ2n) is 8.02. The van der Waals surface area contributed by atoms with Crippen molar-refractivity contribution in [2.24, 2.45) is 0 Å². The lowest BCUT2D eigenvalue weighted by Gasteiger charge is -2.23. The van der Waals surface area contributed by atoms with Crippen LogP contribution in [-0.2, 0) is 16.1 Å². The molecule has 10 nitrogen and oxygen atoms in total.